The van der Waals surface area contributed by atoms with Gasteiger partial charge >= 0.3 is 0 Å². The lowest BCUT2D eigenvalue weighted by Crippen LogP contribution is -2.47. The molecule has 4 rings (SSSR count). The Bertz CT molecular complexity index is 979. The summed E-state index contributed by atoms with van der Waals surface area (Å²) in [5.41, 5.74) is 2.78. The maximum absolute atomic E-state index is 14.4. The summed E-state index contributed by atoms with van der Waals surface area (Å²) in [6, 6.07) is 9.32. The van der Waals surface area contributed by atoms with Crippen LogP contribution in [0.25, 0.3) is 0 Å². The molecule has 0 aromatic heterocycles. The van der Waals surface area contributed by atoms with Crippen molar-refractivity contribution in [2.45, 2.75) is 30.2 Å². The summed E-state index contributed by atoms with van der Waals surface area (Å²) in [4.78, 5) is 1.89. The fourth-order valence-corrected chi connectivity index (χ4v) is 6.09. The van der Waals surface area contributed by atoms with Gasteiger partial charge in [0.1, 0.15) is 10.7 Å². The van der Waals surface area contributed by atoms with Crippen LogP contribution in [0, 0.1) is 12.7 Å². The molecular weight excluding hydrogens is 375 g/mol. The van der Waals surface area contributed by atoms with Gasteiger partial charge in [0.25, 0.3) is 10.0 Å². The van der Waals surface area contributed by atoms with Crippen LogP contribution in [-0.2, 0) is 10.0 Å². The molecule has 26 heavy (non-hydrogen) atoms. The van der Waals surface area contributed by atoms with E-state index in [1.54, 1.807) is 0 Å². The number of piperidine rings is 1. The number of aryl methyl sites for hydroxylation is 1. The highest BCUT2D eigenvalue weighted by atomic mass is 35.5. The molecule has 2 aromatic carbocycles. The quantitative estimate of drug-likeness (QED) is 0.778. The first-order chi connectivity index (χ1) is 12.3. The molecule has 4 nitrogen and oxygen atoms in total. The summed E-state index contributed by atoms with van der Waals surface area (Å²) in [5.74, 6) is -0.726. The molecule has 0 radical (unpaired) electrons. The Hall–Kier alpha value is -1.63. The van der Waals surface area contributed by atoms with Crippen molar-refractivity contribution in [1.82, 2.24) is 4.90 Å². The minimum absolute atomic E-state index is 0.0915. The standard InChI is InChI=1S/C19H20ClFN2O2S/c1-12-3-5-17-14(9-12)15-11-22(2)8-7-18(15)23(17)26(24,25)19-6-4-13(20)10-16(19)21/h3-6,9-10,15,18H,7-8,11H2,1-2H3/t15-,18-/m0/s1. The molecule has 1 fully saturated rings. The van der Waals surface area contributed by atoms with Crippen molar-refractivity contribution in [3.63, 3.8) is 0 Å². The topological polar surface area (TPSA) is 40.6 Å². The average Bonchev–Trinajstić information content (AvgIpc) is 2.88. The van der Waals surface area contributed by atoms with Crippen molar-refractivity contribution in [2.75, 3.05) is 24.4 Å². The highest BCUT2D eigenvalue weighted by molar-refractivity contribution is 7.93. The van der Waals surface area contributed by atoms with E-state index in [4.69, 9.17) is 11.6 Å². The van der Waals surface area contributed by atoms with Gasteiger partial charge in [-0.05, 0) is 56.8 Å². The van der Waals surface area contributed by atoms with Crippen molar-refractivity contribution in [3.05, 3.63) is 58.4 Å². The molecule has 0 amide bonds. The lowest BCUT2D eigenvalue weighted by Gasteiger charge is -2.36. The van der Waals surface area contributed by atoms with Gasteiger partial charge in [0, 0.05) is 17.5 Å². The molecule has 2 aliphatic heterocycles. The van der Waals surface area contributed by atoms with E-state index in [0.717, 1.165) is 30.3 Å². The van der Waals surface area contributed by atoms with Crippen molar-refractivity contribution in [3.8, 4) is 0 Å². The van der Waals surface area contributed by atoms with Crippen LogP contribution in [0.1, 0.15) is 23.5 Å². The lowest BCUT2D eigenvalue weighted by molar-refractivity contribution is 0.237. The molecule has 0 aliphatic carbocycles. The summed E-state index contributed by atoms with van der Waals surface area (Å²) in [7, 11) is -1.98. The van der Waals surface area contributed by atoms with Crippen LogP contribution >= 0.6 is 11.6 Å². The predicted octanol–water partition coefficient (Wildman–Crippen LogP) is 3.78. The van der Waals surface area contributed by atoms with E-state index in [9.17, 15) is 12.8 Å². The number of likely N-dealkylation sites (tertiary alicyclic amines) is 1. The highest BCUT2D eigenvalue weighted by Gasteiger charge is 2.47. The Labute approximate surface area is 158 Å². The van der Waals surface area contributed by atoms with Gasteiger partial charge < -0.3 is 4.90 Å². The van der Waals surface area contributed by atoms with Crippen molar-refractivity contribution in [1.29, 1.82) is 0 Å². The van der Waals surface area contributed by atoms with E-state index in [-0.39, 0.29) is 21.9 Å². The third-order valence-corrected chi connectivity index (χ3v) is 7.44. The van der Waals surface area contributed by atoms with Gasteiger partial charge in [-0.15, -0.1) is 0 Å². The molecule has 2 aliphatic rings. The molecule has 0 bridgehead atoms. The number of anilines is 1. The fourth-order valence-electron chi connectivity index (χ4n) is 4.14. The SMILES string of the molecule is Cc1ccc2c(c1)[C@@H]1CN(C)CC[C@@H]1N2S(=O)(=O)c1ccc(Cl)cc1F. The molecule has 0 N–H and O–H groups in total. The molecule has 2 heterocycles. The first kappa shape index (κ1) is 17.8. The normalized spacial score (nSPS) is 23.0. The van der Waals surface area contributed by atoms with E-state index >= 15 is 0 Å². The Kier molecular flexibility index (Phi) is 4.25. The third-order valence-electron chi connectivity index (χ3n) is 5.33. The third kappa shape index (κ3) is 2.71. The first-order valence-corrected chi connectivity index (χ1v) is 10.4. The molecule has 1 saturated heterocycles. The lowest BCUT2D eigenvalue weighted by atomic mass is 9.89. The molecule has 0 saturated carbocycles. The van der Waals surface area contributed by atoms with Gasteiger partial charge in [-0.2, -0.15) is 0 Å². The van der Waals surface area contributed by atoms with Crippen LogP contribution in [0.2, 0.25) is 5.02 Å². The minimum Gasteiger partial charge on any atom is -0.306 e. The van der Waals surface area contributed by atoms with Crippen LogP contribution in [0.3, 0.4) is 0 Å². The number of fused-ring (bicyclic) bond motifs is 3. The monoisotopic (exact) mass is 394 g/mol. The van der Waals surface area contributed by atoms with Crippen LogP contribution < -0.4 is 4.31 Å². The van der Waals surface area contributed by atoms with E-state index in [1.807, 2.05) is 26.1 Å². The van der Waals surface area contributed by atoms with Crippen LogP contribution in [0.5, 0.6) is 0 Å². The van der Waals surface area contributed by atoms with Gasteiger partial charge in [0.15, 0.2) is 0 Å². The maximum atomic E-state index is 14.4. The summed E-state index contributed by atoms with van der Waals surface area (Å²) in [6.45, 7) is 3.59. The summed E-state index contributed by atoms with van der Waals surface area (Å²) < 4.78 is 42.6. The van der Waals surface area contributed by atoms with Gasteiger partial charge in [0.05, 0.1) is 11.7 Å². The average molecular weight is 395 g/mol. The zero-order chi connectivity index (χ0) is 18.6. The Morgan fingerprint density at radius 2 is 1.96 bits per heavy atom. The number of hydrogen-bond donors (Lipinski definition) is 0. The molecular formula is C19H20ClFN2O2S. The largest absolute Gasteiger partial charge is 0.306 e. The number of benzene rings is 2. The Morgan fingerprint density at radius 3 is 2.69 bits per heavy atom. The molecule has 7 heteroatoms. The van der Waals surface area contributed by atoms with E-state index < -0.39 is 15.8 Å². The molecule has 2 aromatic rings. The van der Waals surface area contributed by atoms with Crippen LogP contribution in [0.15, 0.2) is 41.3 Å². The fraction of sp³-hybridized carbons (Fsp3) is 0.368. The number of likely N-dealkylation sites (N-methyl/N-ethyl adjacent to an activating group) is 1. The van der Waals surface area contributed by atoms with Crippen molar-refractivity contribution >= 4 is 27.3 Å². The van der Waals surface area contributed by atoms with E-state index in [1.165, 1.54) is 16.4 Å². The highest BCUT2D eigenvalue weighted by Crippen LogP contribution is 2.47. The molecule has 0 unspecified atom stereocenters. The van der Waals surface area contributed by atoms with Crippen molar-refractivity contribution in [2.24, 2.45) is 0 Å². The smallest absolute Gasteiger partial charge is 0.267 e. The Morgan fingerprint density at radius 1 is 1.19 bits per heavy atom. The number of rotatable bonds is 2. The number of nitrogens with zero attached hydrogens (tertiary/aromatic N) is 2. The van der Waals surface area contributed by atoms with Crippen LogP contribution in [-0.4, -0.2) is 39.5 Å². The van der Waals surface area contributed by atoms with Gasteiger partial charge in [-0.1, -0.05) is 29.3 Å². The zero-order valence-electron chi connectivity index (χ0n) is 14.6. The predicted molar refractivity (Wildman–Crippen MR) is 101 cm³/mol. The van der Waals surface area contributed by atoms with Crippen LogP contribution in [0.4, 0.5) is 10.1 Å². The van der Waals surface area contributed by atoms with Crippen molar-refractivity contribution < 1.29 is 12.8 Å². The number of sulfonamides is 1. The zero-order valence-corrected chi connectivity index (χ0v) is 16.2. The van der Waals surface area contributed by atoms with E-state index in [0.29, 0.717) is 12.1 Å². The summed E-state index contributed by atoms with van der Waals surface area (Å²) in [6.07, 6.45) is 0.712. The molecule has 138 valence electrons. The second kappa shape index (κ2) is 6.22. The maximum Gasteiger partial charge on any atom is 0.267 e. The second-order valence-electron chi connectivity index (χ2n) is 7.16. The molecule has 0 spiro atoms. The molecule has 2 atom stereocenters. The number of halogens is 2. The van der Waals surface area contributed by atoms with Gasteiger partial charge in [0.2, 0.25) is 0 Å². The van der Waals surface area contributed by atoms with Gasteiger partial charge in [-0.25, -0.2) is 12.8 Å². The minimum atomic E-state index is -4.02. The Balaban J connectivity index is 1.88. The van der Waals surface area contributed by atoms with Gasteiger partial charge in [-0.3, -0.25) is 4.31 Å². The first-order valence-electron chi connectivity index (χ1n) is 8.57. The second-order valence-corrected chi connectivity index (χ2v) is 9.38. The number of hydrogen-bond acceptors (Lipinski definition) is 3. The summed E-state index contributed by atoms with van der Waals surface area (Å²) in [5, 5.41) is 0.177. The van der Waals surface area contributed by atoms with E-state index in [2.05, 4.69) is 11.0 Å². The summed E-state index contributed by atoms with van der Waals surface area (Å²) >= 11 is 5.80.